The van der Waals surface area contributed by atoms with Crippen LogP contribution in [-0.2, 0) is 11.3 Å². The second kappa shape index (κ2) is 10.6. The van der Waals surface area contributed by atoms with Crippen LogP contribution in [0.1, 0.15) is 15.9 Å². The molecule has 0 heterocycles. The molecule has 174 valence electrons. The van der Waals surface area contributed by atoms with Gasteiger partial charge >= 0.3 is 6.36 Å². The van der Waals surface area contributed by atoms with E-state index in [9.17, 15) is 22.8 Å². The van der Waals surface area contributed by atoms with Gasteiger partial charge in [-0.25, -0.2) is 0 Å². The maximum atomic E-state index is 12.6. The first-order chi connectivity index (χ1) is 15.1. The normalized spacial score (nSPS) is 10.8. The van der Waals surface area contributed by atoms with Gasteiger partial charge in [-0.1, -0.05) is 18.2 Å². The number of carbonyl (C=O) groups is 2. The highest BCUT2D eigenvalue weighted by Crippen LogP contribution is 2.38. The summed E-state index contributed by atoms with van der Waals surface area (Å²) in [6.45, 7) is -0.528. The number of hydrogen-bond donors (Lipinski definition) is 1. The van der Waals surface area contributed by atoms with E-state index in [1.165, 1.54) is 63.6 Å². The number of alkyl halides is 3. The van der Waals surface area contributed by atoms with E-state index in [4.69, 9.17) is 14.2 Å². The standard InChI is InChI=1S/C21H23F3N2O6/c1-26(12-13-7-5-6-8-15(13)32-21(22,23)24)18(27)11-25-20(28)14-9-16(29-2)19(31-4)17(10-14)30-3/h5-10H,11-12H2,1-4H3,(H,25,28). The number of nitrogens with zero attached hydrogens (tertiary/aromatic N) is 1. The molecule has 0 aliphatic heterocycles. The second-order valence-electron chi connectivity index (χ2n) is 6.50. The summed E-state index contributed by atoms with van der Waals surface area (Å²) in [5, 5.41) is 2.47. The zero-order valence-corrected chi connectivity index (χ0v) is 17.9. The van der Waals surface area contributed by atoms with Gasteiger partial charge in [-0.05, 0) is 18.2 Å². The number of amides is 2. The van der Waals surface area contributed by atoms with Crippen LogP contribution in [0.4, 0.5) is 13.2 Å². The van der Waals surface area contributed by atoms with Gasteiger partial charge in [0, 0.05) is 24.7 Å². The number of para-hydroxylation sites is 1. The summed E-state index contributed by atoms with van der Waals surface area (Å²) in [5.74, 6) is -0.661. The zero-order valence-electron chi connectivity index (χ0n) is 17.9. The van der Waals surface area contributed by atoms with Gasteiger partial charge in [0.25, 0.3) is 5.91 Å². The van der Waals surface area contributed by atoms with E-state index in [-0.39, 0.29) is 35.7 Å². The van der Waals surface area contributed by atoms with Crippen molar-refractivity contribution < 1.29 is 41.7 Å². The number of ether oxygens (including phenoxy) is 4. The SMILES string of the molecule is COc1cc(C(=O)NCC(=O)N(C)Cc2ccccc2OC(F)(F)F)cc(OC)c1OC. The average molecular weight is 456 g/mol. The van der Waals surface area contributed by atoms with Gasteiger partial charge < -0.3 is 29.2 Å². The van der Waals surface area contributed by atoms with Gasteiger partial charge in [-0.2, -0.15) is 0 Å². The summed E-state index contributed by atoms with van der Waals surface area (Å²) in [6, 6.07) is 8.35. The Morgan fingerprint density at radius 2 is 1.56 bits per heavy atom. The van der Waals surface area contributed by atoms with Crippen LogP contribution in [0.25, 0.3) is 0 Å². The van der Waals surface area contributed by atoms with Crippen LogP contribution in [-0.4, -0.2) is 58.0 Å². The van der Waals surface area contributed by atoms with Crippen molar-refractivity contribution in [2.45, 2.75) is 12.9 Å². The van der Waals surface area contributed by atoms with Crippen molar-refractivity contribution >= 4 is 11.8 Å². The molecule has 0 fully saturated rings. The largest absolute Gasteiger partial charge is 0.573 e. The molecule has 0 aromatic heterocycles. The second-order valence-corrected chi connectivity index (χ2v) is 6.50. The van der Waals surface area contributed by atoms with Gasteiger partial charge in [0.2, 0.25) is 11.7 Å². The number of likely N-dealkylation sites (N-methyl/N-ethyl adjacent to an activating group) is 1. The first kappa shape index (κ1) is 24.6. The minimum Gasteiger partial charge on any atom is -0.493 e. The molecule has 11 heteroatoms. The van der Waals surface area contributed by atoms with E-state index < -0.39 is 23.9 Å². The smallest absolute Gasteiger partial charge is 0.493 e. The summed E-state index contributed by atoms with van der Waals surface area (Å²) in [7, 11) is 5.63. The molecular formula is C21H23F3N2O6. The molecule has 2 rings (SSSR count). The molecule has 0 saturated carbocycles. The minimum absolute atomic E-state index is 0.148. The number of carbonyl (C=O) groups excluding carboxylic acids is 2. The molecule has 0 saturated heterocycles. The van der Waals surface area contributed by atoms with Crippen molar-refractivity contribution in [2.24, 2.45) is 0 Å². The molecule has 0 unspecified atom stereocenters. The Kier molecular flexibility index (Phi) is 8.16. The summed E-state index contributed by atoms with van der Waals surface area (Å²) in [5.41, 5.74) is 0.329. The number of rotatable bonds is 9. The lowest BCUT2D eigenvalue weighted by atomic mass is 10.1. The topological polar surface area (TPSA) is 86.3 Å². The van der Waals surface area contributed by atoms with Crippen molar-refractivity contribution in [3.8, 4) is 23.0 Å². The molecule has 0 aliphatic rings. The third kappa shape index (κ3) is 6.43. The van der Waals surface area contributed by atoms with Gasteiger partial charge in [0.1, 0.15) is 5.75 Å². The molecule has 2 amide bonds. The first-order valence-corrected chi connectivity index (χ1v) is 9.25. The zero-order chi connectivity index (χ0) is 23.9. The number of benzene rings is 2. The van der Waals surface area contributed by atoms with Crippen LogP contribution in [0.15, 0.2) is 36.4 Å². The molecule has 0 bridgehead atoms. The lowest BCUT2D eigenvalue weighted by molar-refractivity contribution is -0.275. The van der Waals surface area contributed by atoms with Crippen LogP contribution < -0.4 is 24.3 Å². The highest BCUT2D eigenvalue weighted by Gasteiger charge is 2.32. The van der Waals surface area contributed by atoms with Crippen LogP contribution in [0.5, 0.6) is 23.0 Å². The summed E-state index contributed by atoms with van der Waals surface area (Å²) >= 11 is 0. The van der Waals surface area contributed by atoms with E-state index in [1.807, 2.05) is 0 Å². The third-order valence-electron chi connectivity index (χ3n) is 4.36. The van der Waals surface area contributed by atoms with Crippen molar-refractivity contribution in [3.05, 3.63) is 47.5 Å². The summed E-state index contributed by atoms with van der Waals surface area (Å²) in [4.78, 5) is 26.1. The lowest BCUT2D eigenvalue weighted by Gasteiger charge is -2.20. The van der Waals surface area contributed by atoms with Crippen LogP contribution in [0, 0.1) is 0 Å². The van der Waals surface area contributed by atoms with E-state index in [0.29, 0.717) is 5.75 Å². The maximum Gasteiger partial charge on any atom is 0.573 e. The third-order valence-corrected chi connectivity index (χ3v) is 4.36. The molecule has 0 aliphatic carbocycles. The number of nitrogens with one attached hydrogen (secondary N) is 1. The molecule has 1 N–H and O–H groups in total. The highest BCUT2D eigenvalue weighted by atomic mass is 19.4. The van der Waals surface area contributed by atoms with Gasteiger partial charge in [-0.3, -0.25) is 9.59 Å². The van der Waals surface area contributed by atoms with Crippen LogP contribution in [0.3, 0.4) is 0 Å². The fourth-order valence-electron chi connectivity index (χ4n) is 2.81. The summed E-state index contributed by atoms with van der Waals surface area (Å²) in [6.07, 6.45) is -4.85. The minimum atomic E-state index is -4.85. The average Bonchev–Trinajstić information content (AvgIpc) is 2.76. The molecule has 8 nitrogen and oxygen atoms in total. The Bertz CT molecular complexity index is 940. The number of methoxy groups -OCH3 is 3. The fourth-order valence-corrected chi connectivity index (χ4v) is 2.81. The molecule has 2 aromatic rings. The van der Waals surface area contributed by atoms with Gasteiger partial charge in [0.15, 0.2) is 11.5 Å². The van der Waals surface area contributed by atoms with Crippen molar-refractivity contribution in [1.29, 1.82) is 0 Å². The van der Waals surface area contributed by atoms with Gasteiger partial charge in [0.05, 0.1) is 27.9 Å². The fraction of sp³-hybridized carbons (Fsp3) is 0.333. The molecule has 32 heavy (non-hydrogen) atoms. The van der Waals surface area contributed by atoms with E-state index >= 15 is 0 Å². The molecule has 0 radical (unpaired) electrons. The highest BCUT2D eigenvalue weighted by molar-refractivity contribution is 5.97. The Hall–Kier alpha value is -3.63. The Morgan fingerprint density at radius 3 is 2.09 bits per heavy atom. The molecule has 0 spiro atoms. The van der Waals surface area contributed by atoms with Crippen molar-refractivity contribution in [2.75, 3.05) is 34.9 Å². The monoisotopic (exact) mass is 456 g/mol. The maximum absolute atomic E-state index is 12.6. The van der Waals surface area contributed by atoms with Crippen LogP contribution in [0.2, 0.25) is 0 Å². The Labute approximate surface area is 182 Å². The predicted molar refractivity (Wildman–Crippen MR) is 108 cm³/mol. The predicted octanol–water partition coefficient (Wildman–Crippen LogP) is 3.00. The number of hydrogen-bond acceptors (Lipinski definition) is 6. The quantitative estimate of drug-likeness (QED) is 0.625. The van der Waals surface area contributed by atoms with Crippen molar-refractivity contribution in [1.82, 2.24) is 10.2 Å². The van der Waals surface area contributed by atoms with E-state index in [2.05, 4.69) is 10.1 Å². The van der Waals surface area contributed by atoms with Gasteiger partial charge in [-0.15, -0.1) is 13.2 Å². The summed E-state index contributed by atoms with van der Waals surface area (Å²) < 4.78 is 57.3. The van der Waals surface area contributed by atoms with E-state index in [0.717, 1.165) is 6.07 Å². The first-order valence-electron chi connectivity index (χ1n) is 9.25. The lowest BCUT2D eigenvalue weighted by Crippen LogP contribution is -2.38. The Balaban J connectivity index is 2.05. The van der Waals surface area contributed by atoms with E-state index in [1.54, 1.807) is 0 Å². The van der Waals surface area contributed by atoms with Crippen LogP contribution >= 0.6 is 0 Å². The Morgan fingerprint density at radius 1 is 0.969 bits per heavy atom. The number of halogens is 3. The molecular weight excluding hydrogens is 433 g/mol. The molecule has 2 aromatic carbocycles. The van der Waals surface area contributed by atoms with Crippen molar-refractivity contribution in [3.63, 3.8) is 0 Å². The molecule has 0 atom stereocenters.